The van der Waals surface area contributed by atoms with Crippen molar-refractivity contribution in [3.05, 3.63) is 65.2 Å². The Morgan fingerprint density at radius 1 is 1.00 bits per heavy atom. The van der Waals surface area contributed by atoms with Crippen molar-refractivity contribution in [3.63, 3.8) is 0 Å². The van der Waals surface area contributed by atoms with Gasteiger partial charge in [0.2, 0.25) is 0 Å². The SMILES string of the molecule is CC1=CC(C)(C)N(C)c2ccc(C=Nc3ccc(C)cc3)cc21. The molecular formula is C21H24N2. The smallest absolute Gasteiger partial charge is 0.0630 e. The lowest BCUT2D eigenvalue weighted by Gasteiger charge is -2.40. The van der Waals surface area contributed by atoms with E-state index in [1.165, 1.54) is 22.4 Å². The van der Waals surface area contributed by atoms with Gasteiger partial charge in [-0.3, -0.25) is 4.99 Å². The van der Waals surface area contributed by atoms with Crippen molar-refractivity contribution in [2.75, 3.05) is 11.9 Å². The summed E-state index contributed by atoms with van der Waals surface area (Å²) in [4.78, 5) is 6.91. The van der Waals surface area contributed by atoms with Crippen molar-refractivity contribution in [3.8, 4) is 0 Å². The largest absolute Gasteiger partial charge is 0.366 e. The highest BCUT2D eigenvalue weighted by Crippen LogP contribution is 2.37. The van der Waals surface area contributed by atoms with Crippen molar-refractivity contribution in [1.82, 2.24) is 0 Å². The van der Waals surface area contributed by atoms with Crippen LogP contribution in [0.3, 0.4) is 0 Å². The third kappa shape index (κ3) is 3.07. The maximum Gasteiger partial charge on any atom is 0.0630 e. The van der Waals surface area contributed by atoms with E-state index >= 15 is 0 Å². The van der Waals surface area contributed by atoms with Crippen LogP contribution < -0.4 is 4.90 Å². The van der Waals surface area contributed by atoms with E-state index in [2.05, 4.69) is 81.0 Å². The van der Waals surface area contributed by atoms with Gasteiger partial charge in [-0.25, -0.2) is 0 Å². The predicted molar refractivity (Wildman–Crippen MR) is 101 cm³/mol. The molecule has 2 heteroatoms. The number of likely N-dealkylation sites (N-methyl/N-ethyl adjacent to an activating group) is 1. The number of allylic oxidation sites excluding steroid dienone is 1. The van der Waals surface area contributed by atoms with Crippen LogP contribution in [0.4, 0.5) is 11.4 Å². The second kappa shape index (κ2) is 5.69. The summed E-state index contributed by atoms with van der Waals surface area (Å²) in [5.41, 5.74) is 7.32. The first-order chi connectivity index (χ1) is 10.9. The second-order valence-corrected chi connectivity index (χ2v) is 6.91. The van der Waals surface area contributed by atoms with Gasteiger partial charge in [-0.05, 0) is 63.1 Å². The molecular weight excluding hydrogens is 280 g/mol. The summed E-state index contributed by atoms with van der Waals surface area (Å²) < 4.78 is 0. The first-order valence-corrected chi connectivity index (χ1v) is 8.05. The van der Waals surface area contributed by atoms with Crippen molar-refractivity contribution < 1.29 is 0 Å². The molecule has 0 atom stereocenters. The molecule has 0 fully saturated rings. The van der Waals surface area contributed by atoms with E-state index in [-0.39, 0.29) is 5.54 Å². The highest BCUT2D eigenvalue weighted by Gasteiger charge is 2.28. The number of benzene rings is 2. The molecule has 0 amide bonds. The molecule has 0 saturated heterocycles. The molecule has 0 N–H and O–H groups in total. The van der Waals surface area contributed by atoms with Crippen LogP contribution in [-0.4, -0.2) is 18.8 Å². The maximum atomic E-state index is 4.58. The molecule has 118 valence electrons. The van der Waals surface area contributed by atoms with E-state index in [0.29, 0.717) is 0 Å². The predicted octanol–water partition coefficient (Wildman–Crippen LogP) is 5.38. The summed E-state index contributed by atoms with van der Waals surface area (Å²) in [7, 11) is 2.15. The summed E-state index contributed by atoms with van der Waals surface area (Å²) in [6, 6.07) is 14.8. The fourth-order valence-electron chi connectivity index (χ4n) is 3.04. The van der Waals surface area contributed by atoms with Crippen molar-refractivity contribution in [2.45, 2.75) is 33.2 Å². The van der Waals surface area contributed by atoms with Crippen LogP contribution >= 0.6 is 0 Å². The summed E-state index contributed by atoms with van der Waals surface area (Å²) in [5, 5.41) is 0. The molecule has 0 saturated carbocycles. The van der Waals surface area contributed by atoms with Gasteiger partial charge in [-0.2, -0.15) is 0 Å². The summed E-state index contributed by atoms with van der Waals surface area (Å²) in [5.74, 6) is 0. The quantitative estimate of drug-likeness (QED) is 0.680. The number of aliphatic imine (C=N–C) groups is 1. The van der Waals surface area contributed by atoms with Crippen LogP contribution in [-0.2, 0) is 0 Å². The Bertz CT molecular complexity index is 780. The lowest BCUT2D eigenvalue weighted by Crippen LogP contribution is -2.42. The molecule has 0 aromatic heterocycles. The van der Waals surface area contributed by atoms with Crippen LogP contribution in [0.25, 0.3) is 5.57 Å². The van der Waals surface area contributed by atoms with Gasteiger partial charge in [0.05, 0.1) is 11.2 Å². The zero-order valence-corrected chi connectivity index (χ0v) is 14.6. The fourth-order valence-corrected chi connectivity index (χ4v) is 3.04. The number of anilines is 1. The molecule has 0 spiro atoms. The van der Waals surface area contributed by atoms with Gasteiger partial charge in [-0.1, -0.05) is 29.8 Å². The first-order valence-electron chi connectivity index (χ1n) is 8.05. The topological polar surface area (TPSA) is 15.6 Å². The van der Waals surface area contributed by atoms with E-state index in [9.17, 15) is 0 Å². The minimum Gasteiger partial charge on any atom is -0.366 e. The van der Waals surface area contributed by atoms with Crippen LogP contribution in [0.1, 0.15) is 37.5 Å². The molecule has 23 heavy (non-hydrogen) atoms. The Balaban J connectivity index is 1.93. The number of hydrogen-bond donors (Lipinski definition) is 0. The first kappa shape index (κ1) is 15.5. The lowest BCUT2D eigenvalue weighted by atomic mass is 9.89. The van der Waals surface area contributed by atoms with Gasteiger partial charge in [0.15, 0.2) is 0 Å². The van der Waals surface area contributed by atoms with Crippen molar-refractivity contribution in [1.29, 1.82) is 0 Å². The molecule has 2 aromatic rings. The number of fused-ring (bicyclic) bond motifs is 1. The minimum atomic E-state index is 0.0502. The van der Waals surface area contributed by atoms with E-state index in [4.69, 9.17) is 0 Å². The average Bonchev–Trinajstić information content (AvgIpc) is 2.52. The molecule has 2 aromatic carbocycles. The van der Waals surface area contributed by atoms with Crippen LogP contribution in [0.2, 0.25) is 0 Å². The molecule has 0 unspecified atom stereocenters. The highest BCUT2D eigenvalue weighted by atomic mass is 15.2. The Labute approximate surface area is 139 Å². The normalized spacial score (nSPS) is 16.4. The monoisotopic (exact) mass is 304 g/mol. The average molecular weight is 304 g/mol. The van der Waals surface area contributed by atoms with Gasteiger partial charge in [-0.15, -0.1) is 0 Å². The Hall–Kier alpha value is -2.35. The molecule has 3 rings (SSSR count). The molecule has 0 bridgehead atoms. The number of rotatable bonds is 2. The van der Waals surface area contributed by atoms with E-state index < -0.39 is 0 Å². The maximum absolute atomic E-state index is 4.58. The summed E-state index contributed by atoms with van der Waals surface area (Å²) >= 11 is 0. The van der Waals surface area contributed by atoms with Crippen LogP contribution in [0.5, 0.6) is 0 Å². The molecule has 1 aliphatic rings. The van der Waals surface area contributed by atoms with Crippen molar-refractivity contribution >= 4 is 23.2 Å². The molecule has 1 aliphatic heterocycles. The molecule has 0 aliphatic carbocycles. The zero-order chi connectivity index (χ0) is 16.6. The molecule has 0 radical (unpaired) electrons. The van der Waals surface area contributed by atoms with Gasteiger partial charge in [0, 0.05) is 24.5 Å². The number of nitrogens with zero attached hydrogens (tertiary/aromatic N) is 2. The summed E-state index contributed by atoms with van der Waals surface area (Å²) in [6.07, 6.45) is 4.27. The van der Waals surface area contributed by atoms with Gasteiger partial charge >= 0.3 is 0 Å². The van der Waals surface area contributed by atoms with E-state index in [0.717, 1.165) is 11.3 Å². The van der Waals surface area contributed by atoms with Gasteiger partial charge in [0.1, 0.15) is 0 Å². The standard InChI is InChI=1S/C21H24N2/c1-15-6-9-18(10-7-15)22-14-17-8-11-20-19(12-17)16(2)13-21(3,4)23(20)5/h6-14H,1-5H3. The van der Waals surface area contributed by atoms with E-state index in [1.807, 2.05) is 18.3 Å². The third-order valence-corrected chi connectivity index (χ3v) is 4.64. The number of aryl methyl sites for hydroxylation is 1. The van der Waals surface area contributed by atoms with E-state index in [1.54, 1.807) is 0 Å². The van der Waals surface area contributed by atoms with Gasteiger partial charge < -0.3 is 4.90 Å². The zero-order valence-electron chi connectivity index (χ0n) is 14.6. The van der Waals surface area contributed by atoms with Crippen LogP contribution in [0, 0.1) is 6.92 Å². The van der Waals surface area contributed by atoms with Crippen molar-refractivity contribution in [2.24, 2.45) is 4.99 Å². The van der Waals surface area contributed by atoms with Gasteiger partial charge in [0.25, 0.3) is 0 Å². The second-order valence-electron chi connectivity index (χ2n) is 6.91. The molecule has 1 heterocycles. The fraction of sp³-hybridized carbons (Fsp3) is 0.286. The Morgan fingerprint density at radius 2 is 1.70 bits per heavy atom. The van der Waals surface area contributed by atoms with Crippen LogP contribution in [0.15, 0.2) is 53.5 Å². The summed E-state index contributed by atoms with van der Waals surface area (Å²) in [6.45, 7) is 8.76. The number of hydrogen-bond acceptors (Lipinski definition) is 2. The minimum absolute atomic E-state index is 0.0502. The lowest BCUT2D eigenvalue weighted by molar-refractivity contribution is 0.598. The molecule has 2 nitrogen and oxygen atoms in total. The Morgan fingerprint density at radius 3 is 2.39 bits per heavy atom. The highest BCUT2D eigenvalue weighted by molar-refractivity contribution is 5.88. The Kier molecular flexibility index (Phi) is 3.85. The third-order valence-electron chi connectivity index (χ3n) is 4.64.